The largest absolute Gasteiger partial charge is 0.394 e. The molecule has 1 heterocycles. The molecule has 0 unspecified atom stereocenters. The van der Waals surface area contributed by atoms with Crippen LogP contribution in [0.2, 0.25) is 5.02 Å². The fourth-order valence-corrected chi connectivity index (χ4v) is 2.12. The van der Waals surface area contributed by atoms with Crippen molar-refractivity contribution in [3.05, 3.63) is 29.3 Å². The van der Waals surface area contributed by atoms with Crippen LogP contribution in [0.15, 0.2) is 24.3 Å². The molecule has 0 atom stereocenters. The van der Waals surface area contributed by atoms with Crippen molar-refractivity contribution in [2.75, 3.05) is 25.1 Å². The van der Waals surface area contributed by atoms with E-state index in [1.165, 1.54) is 0 Å². The topological polar surface area (TPSA) is 41.5 Å². The van der Waals surface area contributed by atoms with E-state index in [2.05, 4.69) is 5.32 Å². The van der Waals surface area contributed by atoms with Gasteiger partial charge in [0.15, 0.2) is 0 Å². The first-order valence-electron chi connectivity index (χ1n) is 5.47. The molecular formula is C12H16ClNO2. The van der Waals surface area contributed by atoms with Crippen molar-refractivity contribution in [1.29, 1.82) is 0 Å². The normalized spacial score (nSPS) is 19.4. The lowest BCUT2D eigenvalue weighted by atomic mass is 9.90. The lowest BCUT2D eigenvalue weighted by Crippen LogP contribution is -2.46. The van der Waals surface area contributed by atoms with Crippen molar-refractivity contribution in [1.82, 2.24) is 0 Å². The first kappa shape index (κ1) is 11.7. The van der Waals surface area contributed by atoms with Crippen LogP contribution in [-0.2, 0) is 4.74 Å². The molecule has 1 aliphatic heterocycles. The summed E-state index contributed by atoms with van der Waals surface area (Å²) < 4.78 is 5.31. The highest BCUT2D eigenvalue weighted by atomic mass is 35.5. The number of aliphatic hydroxyl groups excluding tert-OH is 1. The number of ether oxygens (including phenoxy) is 1. The van der Waals surface area contributed by atoms with Crippen LogP contribution in [0.3, 0.4) is 0 Å². The zero-order valence-corrected chi connectivity index (χ0v) is 9.83. The highest BCUT2D eigenvalue weighted by molar-refractivity contribution is 6.33. The summed E-state index contributed by atoms with van der Waals surface area (Å²) in [6.45, 7) is 1.46. The van der Waals surface area contributed by atoms with E-state index in [9.17, 15) is 5.11 Å². The van der Waals surface area contributed by atoms with E-state index < -0.39 is 0 Å². The van der Waals surface area contributed by atoms with Crippen molar-refractivity contribution in [3.8, 4) is 0 Å². The van der Waals surface area contributed by atoms with Gasteiger partial charge in [0.1, 0.15) is 0 Å². The van der Waals surface area contributed by atoms with Crippen molar-refractivity contribution >= 4 is 17.3 Å². The third-order valence-corrected chi connectivity index (χ3v) is 3.36. The highest BCUT2D eigenvalue weighted by Gasteiger charge is 2.32. The summed E-state index contributed by atoms with van der Waals surface area (Å²) >= 11 is 6.09. The molecule has 3 nitrogen and oxygen atoms in total. The first-order valence-corrected chi connectivity index (χ1v) is 5.85. The summed E-state index contributed by atoms with van der Waals surface area (Å²) in [5.74, 6) is 0. The second-order valence-corrected chi connectivity index (χ2v) is 4.56. The Morgan fingerprint density at radius 3 is 2.62 bits per heavy atom. The average Bonchev–Trinajstić information content (AvgIpc) is 2.33. The zero-order valence-electron chi connectivity index (χ0n) is 9.08. The van der Waals surface area contributed by atoms with Crippen LogP contribution in [0, 0.1) is 0 Å². The monoisotopic (exact) mass is 241 g/mol. The Morgan fingerprint density at radius 1 is 1.31 bits per heavy atom. The smallest absolute Gasteiger partial charge is 0.0663 e. The zero-order chi connectivity index (χ0) is 11.4. The van der Waals surface area contributed by atoms with Crippen LogP contribution in [0.25, 0.3) is 0 Å². The SMILES string of the molecule is OCC1(Nc2ccccc2Cl)CCOCC1. The molecule has 1 aliphatic rings. The number of para-hydroxylation sites is 1. The van der Waals surface area contributed by atoms with E-state index in [1.54, 1.807) is 0 Å². The minimum atomic E-state index is -0.288. The van der Waals surface area contributed by atoms with Gasteiger partial charge >= 0.3 is 0 Å². The second-order valence-electron chi connectivity index (χ2n) is 4.16. The predicted molar refractivity (Wildman–Crippen MR) is 64.9 cm³/mol. The van der Waals surface area contributed by atoms with E-state index in [1.807, 2.05) is 24.3 Å². The van der Waals surface area contributed by atoms with Crippen molar-refractivity contribution in [3.63, 3.8) is 0 Å². The molecule has 0 spiro atoms. The number of hydrogen-bond acceptors (Lipinski definition) is 3. The van der Waals surface area contributed by atoms with Gasteiger partial charge in [0.05, 0.1) is 22.9 Å². The predicted octanol–water partition coefficient (Wildman–Crippen LogP) is 2.29. The number of anilines is 1. The molecule has 0 bridgehead atoms. The summed E-state index contributed by atoms with van der Waals surface area (Å²) in [5.41, 5.74) is 0.587. The van der Waals surface area contributed by atoms with E-state index in [-0.39, 0.29) is 12.1 Å². The Balaban J connectivity index is 2.15. The van der Waals surface area contributed by atoms with Crippen LogP contribution >= 0.6 is 11.6 Å². The molecule has 1 aromatic rings. The fourth-order valence-electron chi connectivity index (χ4n) is 1.93. The van der Waals surface area contributed by atoms with Gasteiger partial charge in [-0.05, 0) is 25.0 Å². The number of hydrogen-bond donors (Lipinski definition) is 2. The molecule has 1 aromatic carbocycles. The van der Waals surface area contributed by atoms with Crippen LogP contribution in [0.4, 0.5) is 5.69 Å². The Kier molecular flexibility index (Phi) is 3.69. The summed E-state index contributed by atoms with van der Waals surface area (Å²) in [6.07, 6.45) is 1.60. The lowest BCUT2D eigenvalue weighted by Gasteiger charge is -2.37. The van der Waals surface area contributed by atoms with Crippen molar-refractivity contribution in [2.24, 2.45) is 0 Å². The minimum Gasteiger partial charge on any atom is -0.394 e. The van der Waals surface area contributed by atoms with Crippen LogP contribution in [-0.4, -0.2) is 30.5 Å². The fraction of sp³-hybridized carbons (Fsp3) is 0.500. The maximum atomic E-state index is 9.53. The van der Waals surface area contributed by atoms with Gasteiger partial charge in [-0.3, -0.25) is 0 Å². The van der Waals surface area contributed by atoms with Gasteiger partial charge in [0, 0.05) is 13.2 Å². The standard InChI is InChI=1S/C12H16ClNO2/c13-10-3-1-2-4-11(10)14-12(9-15)5-7-16-8-6-12/h1-4,14-15H,5-9H2. The van der Waals surface area contributed by atoms with Gasteiger partial charge in [0.2, 0.25) is 0 Å². The molecule has 1 fully saturated rings. The Hall–Kier alpha value is -0.770. The molecule has 2 N–H and O–H groups in total. The van der Waals surface area contributed by atoms with Crippen molar-refractivity contribution in [2.45, 2.75) is 18.4 Å². The molecule has 4 heteroatoms. The molecule has 16 heavy (non-hydrogen) atoms. The highest BCUT2D eigenvalue weighted by Crippen LogP contribution is 2.29. The Morgan fingerprint density at radius 2 is 2.00 bits per heavy atom. The molecule has 0 aromatic heterocycles. The van der Waals surface area contributed by atoms with Crippen LogP contribution in [0.1, 0.15) is 12.8 Å². The second kappa shape index (κ2) is 5.04. The molecule has 88 valence electrons. The summed E-state index contributed by atoms with van der Waals surface area (Å²) in [7, 11) is 0. The van der Waals surface area contributed by atoms with Crippen LogP contribution in [0.5, 0.6) is 0 Å². The quantitative estimate of drug-likeness (QED) is 0.853. The van der Waals surface area contributed by atoms with E-state index in [0.29, 0.717) is 18.2 Å². The average molecular weight is 242 g/mol. The van der Waals surface area contributed by atoms with Crippen molar-refractivity contribution < 1.29 is 9.84 Å². The van der Waals surface area contributed by atoms with Gasteiger partial charge < -0.3 is 15.2 Å². The van der Waals surface area contributed by atoms with E-state index in [0.717, 1.165) is 18.5 Å². The first-order chi connectivity index (χ1) is 7.76. The van der Waals surface area contributed by atoms with Gasteiger partial charge in [-0.1, -0.05) is 23.7 Å². The maximum Gasteiger partial charge on any atom is 0.0663 e. The molecule has 0 aliphatic carbocycles. The number of nitrogens with one attached hydrogen (secondary N) is 1. The van der Waals surface area contributed by atoms with E-state index >= 15 is 0 Å². The summed E-state index contributed by atoms with van der Waals surface area (Å²) in [6, 6.07) is 7.59. The van der Waals surface area contributed by atoms with Gasteiger partial charge in [0.25, 0.3) is 0 Å². The third-order valence-electron chi connectivity index (χ3n) is 3.03. The summed E-state index contributed by atoms with van der Waals surface area (Å²) in [4.78, 5) is 0. The van der Waals surface area contributed by atoms with Gasteiger partial charge in [-0.2, -0.15) is 0 Å². The number of halogens is 1. The molecule has 1 saturated heterocycles. The number of rotatable bonds is 3. The van der Waals surface area contributed by atoms with Crippen LogP contribution < -0.4 is 5.32 Å². The molecule has 0 saturated carbocycles. The molecular weight excluding hydrogens is 226 g/mol. The number of aliphatic hydroxyl groups is 1. The Bertz CT molecular complexity index is 351. The number of benzene rings is 1. The lowest BCUT2D eigenvalue weighted by molar-refractivity contribution is 0.0380. The molecule has 0 amide bonds. The maximum absolute atomic E-state index is 9.53. The molecule has 2 rings (SSSR count). The minimum absolute atomic E-state index is 0.0988. The van der Waals surface area contributed by atoms with Gasteiger partial charge in [-0.15, -0.1) is 0 Å². The Labute approximate surface area is 100 Å². The summed E-state index contributed by atoms with van der Waals surface area (Å²) in [5, 5.41) is 13.6. The molecule has 0 radical (unpaired) electrons. The third kappa shape index (κ3) is 2.48. The van der Waals surface area contributed by atoms with Gasteiger partial charge in [-0.25, -0.2) is 0 Å². The van der Waals surface area contributed by atoms with E-state index in [4.69, 9.17) is 16.3 Å².